The number of carbonyl (C=O) groups excluding carboxylic acids is 1. The van der Waals surface area contributed by atoms with E-state index in [-0.39, 0.29) is 5.91 Å². The maximum absolute atomic E-state index is 12.0. The summed E-state index contributed by atoms with van der Waals surface area (Å²) in [6.07, 6.45) is 7.61. The van der Waals surface area contributed by atoms with Crippen molar-refractivity contribution in [2.45, 2.75) is 33.4 Å². The highest BCUT2D eigenvalue weighted by Crippen LogP contribution is 2.10. The van der Waals surface area contributed by atoms with Crippen LogP contribution in [0.2, 0.25) is 0 Å². The van der Waals surface area contributed by atoms with Crippen molar-refractivity contribution >= 4 is 11.6 Å². The number of nitrogens with one attached hydrogen (secondary N) is 1. The van der Waals surface area contributed by atoms with Gasteiger partial charge in [0.2, 0.25) is 5.91 Å². The standard InChI is InChI=1S/C18H21N5O/c1-14-4-3-5-16(8-14)12-23-13-17(10-20-23)21-18(24)6-7-22-11-15(2)9-19-22/h3-5,8-11,13H,6-7,12H2,1-2H3,(H,21,24). The number of nitrogens with zero attached hydrogens (tertiary/aromatic N) is 4. The lowest BCUT2D eigenvalue weighted by Gasteiger charge is -2.04. The number of amides is 1. The van der Waals surface area contributed by atoms with E-state index in [2.05, 4.69) is 40.6 Å². The van der Waals surface area contributed by atoms with E-state index in [9.17, 15) is 4.79 Å². The first-order valence-electron chi connectivity index (χ1n) is 7.95. The molecule has 0 aliphatic heterocycles. The highest BCUT2D eigenvalue weighted by Gasteiger charge is 2.06. The Morgan fingerprint density at radius 2 is 1.92 bits per heavy atom. The smallest absolute Gasteiger partial charge is 0.226 e. The van der Waals surface area contributed by atoms with E-state index >= 15 is 0 Å². The predicted molar refractivity (Wildman–Crippen MR) is 92.7 cm³/mol. The van der Waals surface area contributed by atoms with Crippen molar-refractivity contribution < 1.29 is 4.79 Å². The van der Waals surface area contributed by atoms with Gasteiger partial charge in [0.25, 0.3) is 0 Å². The minimum Gasteiger partial charge on any atom is -0.323 e. The van der Waals surface area contributed by atoms with Gasteiger partial charge in [-0.25, -0.2) is 0 Å². The summed E-state index contributed by atoms with van der Waals surface area (Å²) in [5, 5.41) is 11.3. The van der Waals surface area contributed by atoms with Gasteiger partial charge in [0.1, 0.15) is 0 Å². The zero-order valence-corrected chi connectivity index (χ0v) is 13.9. The number of rotatable bonds is 6. The molecule has 0 saturated carbocycles. The minimum absolute atomic E-state index is 0.0433. The van der Waals surface area contributed by atoms with Gasteiger partial charge in [0.05, 0.1) is 24.6 Å². The summed E-state index contributed by atoms with van der Waals surface area (Å²) in [5.74, 6) is -0.0433. The zero-order chi connectivity index (χ0) is 16.9. The van der Waals surface area contributed by atoms with E-state index in [1.165, 1.54) is 11.1 Å². The maximum Gasteiger partial charge on any atom is 0.226 e. The molecule has 3 rings (SSSR count). The molecule has 0 bridgehead atoms. The molecule has 2 heterocycles. The number of hydrogen-bond acceptors (Lipinski definition) is 3. The van der Waals surface area contributed by atoms with E-state index < -0.39 is 0 Å². The normalized spacial score (nSPS) is 10.8. The number of anilines is 1. The fourth-order valence-electron chi connectivity index (χ4n) is 2.54. The van der Waals surface area contributed by atoms with Crippen LogP contribution in [0.4, 0.5) is 5.69 Å². The SMILES string of the molecule is Cc1cccc(Cn2cc(NC(=O)CCn3cc(C)cn3)cn2)c1. The van der Waals surface area contributed by atoms with Gasteiger partial charge in [0.15, 0.2) is 0 Å². The van der Waals surface area contributed by atoms with Crippen LogP contribution in [0.25, 0.3) is 0 Å². The van der Waals surface area contributed by atoms with Crippen molar-refractivity contribution in [1.82, 2.24) is 19.6 Å². The molecule has 1 amide bonds. The van der Waals surface area contributed by atoms with Gasteiger partial charge in [-0.3, -0.25) is 14.2 Å². The molecule has 2 aromatic heterocycles. The minimum atomic E-state index is -0.0433. The third kappa shape index (κ3) is 4.32. The zero-order valence-electron chi connectivity index (χ0n) is 13.9. The third-order valence-corrected chi connectivity index (χ3v) is 3.67. The average molecular weight is 323 g/mol. The van der Waals surface area contributed by atoms with Crippen LogP contribution in [0.5, 0.6) is 0 Å². The Hall–Kier alpha value is -2.89. The van der Waals surface area contributed by atoms with Gasteiger partial charge >= 0.3 is 0 Å². The quantitative estimate of drug-likeness (QED) is 0.758. The largest absolute Gasteiger partial charge is 0.323 e. The van der Waals surface area contributed by atoms with Crippen molar-refractivity contribution in [2.24, 2.45) is 0 Å². The van der Waals surface area contributed by atoms with Crippen molar-refractivity contribution in [2.75, 3.05) is 5.32 Å². The van der Waals surface area contributed by atoms with Crippen molar-refractivity contribution in [3.8, 4) is 0 Å². The van der Waals surface area contributed by atoms with Crippen LogP contribution in [0.3, 0.4) is 0 Å². The van der Waals surface area contributed by atoms with Crippen LogP contribution in [-0.4, -0.2) is 25.5 Å². The molecule has 0 fully saturated rings. The van der Waals surface area contributed by atoms with E-state index in [0.29, 0.717) is 25.2 Å². The van der Waals surface area contributed by atoms with Gasteiger partial charge in [-0.15, -0.1) is 0 Å². The molecule has 0 spiro atoms. The Morgan fingerprint density at radius 3 is 2.67 bits per heavy atom. The molecule has 24 heavy (non-hydrogen) atoms. The van der Waals surface area contributed by atoms with Crippen LogP contribution in [0.1, 0.15) is 23.1 Å². The second kappa shape index (κ2) is 7.12. The van der Waals surface area contributed by atoms with Crippen molar-refractivity contribution in [1.29, 1.82) is 0 Å². The summed E-state index contributed by atoms with van der Waals surface area (Å²) in [7, 11) is 0. The van der Waals surface area contributed by atoms with Crippen LogP contribution < -0.4 is 5.32 Å². The molecule has 0 saturated heterocycles. The second-order valence-corrected chi connectivity index (χ2v) is 5.99. The van der Waals surface area contributed by atoms with Gasteiger partial charge in [-0.05, 0) is 25.0 Å². The van der Waals surface area contributed by atoms with Crippen molar-refractivity contribution in [3.63, 3.8) is 0 Å². The molecular weight excluding hydrogens is 302 g/mol. The Balaban J connectivity index is 1.52. The average Bonchev–Trinajstić information content (AvgIpc) is 3.14. The van der Waals surface area contributed by atoms with Crippen molar-refractivity contribution in [3.05, 3.63) is 65.7 Å². The van der Waals surface area contributed by atoms with E-state index in [1.807, 2.05) is 30.1 Å². The highest BCUT2D eigenvalue weighted by molar-refractivity contribution is 5.90. The summed E-state index contributed by atoms with van der Waals surface area (Å²) < 4.78 is 3.59. The molecular formula is C18H21N5O. The molecule has 1 N–H and O–H groups in total. The number of aromatic nitrogens is 4. The first-order chi connectivity index (χ1) is 11.6. The lowest BCUT2D eigenvalue weighted by Crippen LogP contribution is -2.14. The fourth-order valence-corrected chi connectivity index (χ4v) is 2.54. The van der Waals surface area contributed by atoms with Gasteiger partial charge < -0.3 is 5.32 Å². The molecule has 3 aromatic rings. The molecule has 0 unspecified atom stereocenters. The maximum atomic E-state index is 12.0. The Labute approximate surface area is 141 Å². The summed E-state index contributed by atoms with van der Waals surface area (Å²) >= 11 is 0. The summed E-state index contributed by atoms with van der Waals surface area (Å²) in [6, 6.07) is 8.30. The molecule has 1 aromatic carbocycles. The molecule has 0 radical (unpaired) electrons. The Morgan fingerprint density at radius 1 is 1.08 bits per heavy atom. The van der Waals surface area contributed by atoms with Crippen LogP contribution in [0, 0.1) is 13.8 Å². The third-order valence-electron chi connectivity index (χ3n) is 3.67. The first kappa shape index (κ1) is 16.0. The lowest BCUT2D eigenvalue weighted by molar-refractivity contribution is -0.116. The summed E-state index contributed by atoms with van der Waals surface area (Å²) in [5.41, 5.74) is 4.21. The molecule has 0 aliphatic rings. The van der Waals surface area contributed by atoms with Crippen LogP contribution in [-0.2, 0) is 17.9 Å². The van der Waals surface area contributed by atoms with Crippen LogP contribution >= 0.6 is 0 Å². The number of hydrogen-bond donors (Lipinski definition) is 1. The molecule has 0 atom stereocenters. The summed E-state index contributed by atoms with van der Waals surface area (Å²) in [4.78, 5) is 12.0. The number of benzene rings is 1. The van der Waals surface area contributed by atoms with Gasteiger partial charge in [-0.2, -0.15) is 10.2 Å². The molecule has 6 heteroatoms. The first-order valence-corrected chi connectivity index (χ1v) is 7.95. The Kier molecular flexibility index (Phi) is 4.74. The van der Waals surface area contributed by atoms with E-state index in [4.69, 9.17) is 0 Å². The number of carbonyl (C=O) groups is 1. The predicted octanol–water partition coefficient (Wildman–Crippen LogP) is 2.77. The lowest BCUT2D eigenvalue weighted by atomic mass is 10.1. The summed E-state index contributed by atoms with van der Waals surface area (Å²) in [6.45, 7) is 5.30. The topological polar surface area (TPSA) is 64.7 Å². The van der Waals surface area contributed by atoms with Crippen LogP contribution in [0.15, 0.2) is 49.1 Å². The van der Waals surface area contributed by atoms with Gasteiger partial charge in [0, 0.05) is 25.4 Å². The fraction of sp³-hybridized carbons (Fsp3) is 0.278. The highest BCUT2D eigenvalue weighted by atomic mass is 16.1. The monoisotopic (exact) mass is 323 g/mol. The molecule has 124 valence electrons. The van der Waals surface area contributed by atoms with E-state index in [1.54, 1.807) is 17.1 Å². The number of aryl methyl sites for hydroxylation is 3. The Bertz CT molecular complexity index is 833. The van der Waals surface area contributed by atoms with Gasteiger partial charge in [-0.1, -0.05) is 29.8 Å². The molecule has 6 nitrogen and oxygen atoms in total. The molecule has 0 aliphatic carbocycles. The van der Waals surface area contributed by atoms with E-state index in [0.717, 1.165) is 5.56 Å². The second-order valence-electron chi connectivity index (χ2n) is 5.99.